The minimum Gasteiger partial charge on any atom is -0.481 e. The SMILES string of the molecule is O=C(O)CS[C@H]1CCCC[C@H]1c1ccccc1. The van der Waals surface area contributed by atoms with Crippen LogP contribution in [0, 0.1) is 0 Å². The molecule has 0 spiro atoms. The summed E-state index contributed by atoms with van der Waals surface area (Å²) >= 11 is 1.61. The minimum atomic E-state index is -0.701. The van der Waals surface area contributed by atoms with Gasteiger partial charge in [0.15, 0.2) is 0 Å². The fourth-order valence-electron chi connectivity index (χ4n) is 2.56. The molecule has 17 heavy (non-hydrogen) atoms. The molecule has 2 atom stereocenters. The second-order valence-electron chi connectivity index (χ2n) is 4.54. The Morgan fingerprint density at radius 1 is 1.24 bits per heavy atom. The second-order valence-corrected chi connectivity index (χ2v) is 5.77. The minimum absolute atomic E-state index is 0.230. The van der Waals surface area contributed by atoms with Crippen LogP contribution in [0.25, 0.3) is 0 Å². The van der Waals surface area contributed by atoms with Crippen LogP contribution in [0.3, 0.4) is 0 Å². The molecule has 0 radical (unpaired) electrons. The number of aliphatic carboxylic acids is 1. The van der Waals surface area contributed by atoms with E-state index >= 15 is 0 Å². The molecular formula is C14H18O2S. The zero-order chi connectivity index (χ0) is 12.1. The number of hydrogen-bond acceptors (Lipinski definition) is 2. The molecule has 0 amide bonds. The molecule has 92 valence electrons. The standard InChI is InChI=1S/C14H18O2S/c15-14(16)10-17-13-9-5-4-8-12(13)11-6-2-1-3-7-11/h1-3,6-7,12-13H,4-5,8-10H2,(H,15,16)/t12-,13-/m0/s1. The molecular weight excluding hydrogens is 232 g/mol. The fourth-order valence-corrected chi connectivity index (χ4v) is 3.77. The normalized spacial score (nSPS) is 24.5. The van der Waals surface area contributed by atoms with Gasteiger partial charge in [0.25, 0.3) is 0 Å². The van der Waals surface area contributed by atoms with Gasteiger partial charge in [-0.2, -0.15) is 0 Å². The highest BCUT2D eigenvalue weighted by Crippen LogP contribution is 2.39. The van der Waals surface area contributed by atoms with Gasteiger partial charge < -0.3 is 5.11 Å². The smallest absolute Gasteiger partial charge is 0.313 e. The summed E-state index contributed by atoms with van der Waals surface area (Å²) in [5, 5.41) is 9.25. The first-order chi connectivity index (χ1) is 8.27. The second kappa shape index (κ2) is 6.10. The largest absolute Gasteiger partial charge is 0.481 e. The third kappa shape index (κ3) is 3.50. The van der Waals surface area contributed by atoms with Gasteiger partial charge in [0.05, 0.1) is 5.75 Å². The average molecular weight is 250 g/mol. The van der Waals surface area contributed by atoms with E-state index in [1.54, 1.807) is 11.8 Å². The zero-order valence-corrected chi connectivity index (χ0v) is 10.7. The number of carbonyl (C=O) groups is 1. The first-order valence-electron chi connectivity index (χ1n) is 6.15. The van der Waals surface area contributed by atoms with Gasteiger partial charge in [0.1, 0.15) is 0 Å². The maximum Gasteiger partial charge on any atom is 0.313 e. The molecule has 1 aliphatic rings. The Bertz CT molecular complexity index is 364. The molecule has 0 aromatic heterocycles. The van der Waals surface area contributed by atoms with E-state index < -0.39 is 5.97 Å². The molecule has 1 aromatic carbocycles. The lowest BCUT2D eigenvalue weighted by molar-refractivity contribution is -0.133. The van der Waals surface area contributed by atoms with E-state index in [0.717, 1.165) is 6.42 Å². The number of carboxylic acids is 1. The van der Waals surface area contributed by atoms with Crippen molar-refractivity contribution in [2.24, 2.45) is 0 Å². The van der Waals surface area contributed by atoms with Crippen molar-refractivity contribution in [1.29, 1.82) is 0 Å². The van der Waals surface area contributed by atoms with Crippen LogP contribution >= 0.6 is 11.8 Å². The summed E-state index contributed by atoms with van der Waals surface area (Å²) in [6, 6.07) is 10.5. The van der Waals surface area contributed by atoms with E-state index in [1.807, 2.05) is 6.07 Å². The number of hydrogen-bond donors (Lipinski definition) is 1. The molecule has 0 aliphatic heterocycles. The lowest BCUT2D eigenvalue weighted by Gasteiger charge is -2.31. The molecule has 1 aliphatic carbocycles. The average Bonchev–Trinajstić information content (AvgIpc) is 2.38. The van der Waals surface area contributed by atoms with Gasteiger partial charge in [-0.15, -0.1) is 11.8 Å². The van der Waals surface area contributed by atoms with Gasteiger partial charge in [0.2, 0.25) is 0 Å². The molecule has 2 nitrogen and oxygen atoms in total. The van der Waals surface area contributed by atoms with Gasteiger partial charge in [-0.1, -0.05) is 43.2 Å². The van der Waals surface area contributed by atoms with Crippen molar-refractivity contribution in [1.82, 2.24) is 0 Å². The van der Waals surface area contributed by atoms with Crippen molar-refractivity contribution in [3.8, 4) is 0 Å². The van der Waals surface area contributed by atoms with Crippen LogP contribution < -0.4 is 0 Å². The Morgan fingerprint density at radius 3 is 2.65 bits per heavy atom. The summed E-state index contributed by atoms with van der Waals surface area (Å²) in [6.45, 7) is 0. The quantitative estimate of drug-likeness (QED) is 0.888. The van der Waals surface area contributed by atoms with Crippen molar-refractivity contribution in [2.75, 3.05) is 5.75 Å². The molecule has 0 heterocycles. The van der Waals surface area contributed by atoms with Crippen molar-refractivity contribution in [3.63, 3.8) is 0 Å². The van der Waals surface area contributed by atoms with Crippen LogP contribution in [0.1, 0.15) is 37.2 Å². The Morgan fingerprint density at radius 2 is 1.94 bits per heavy atom. The molecule has 0 unspecified atom stereocenters. The van der Waals surface area contributed by atoms with Crippen molar-refractivity contribution >= 4 is 17.7 Å². The van der Waals surface area contributed by atoms with Crippen LogP contribution in [-0.2, 0) is 4.79 Å². The number of rotatable bonds is 4. The zero-order valence-electron chi connectivity index (χ0n) is 9.84. The van der Waals surface area contributed by atoms with E-state index in [9.17, 15) is 4.79 Å². The van der Waals surface area contributed by atoms with Crippen molar-refractivity contribution in [3.05, 3.63) is 35.9 Å². The lowest BCUT2D eigenvalue weighted by Crippen LogP contribution is -2.21. The van der Waals surface area contributed by atoms with Gasteiger partial charge >= 0.3 is 5.97 Å². The van der Waals surface area contributed by atoms with E-state index in [-0.39, 0.29) is 5.75 Å². The molecule has 1 fully saturated rings. The summed E-state index contributed by atoms with van der Waals surface area (Å²) in [7, 11) is 0. The molecule has 2 rings (SSSR count). The summed E-state index contributed by atoms with van der Waals surface area (Å²) in [4.78, 5) is 10.7. The first kappa shape index (κ1) is 12.5. The van der Waals surface area contributed by atoms with Crippen LogP contribution in [-0.4, -0.2) is 22.1 Å². The molecule has 0 bridgehead atoms. The first-order valence-corrected chi connectivity index (χ1v) is 7.20. The van der Waals surface area contributed by atoms with Gasteiger partial charge in [-0.3, -0.25) is 4.79 Å². The third-order valence-electron chi connectivity index (χ3n) is 3.35. The monoisotopic (exact) mass is 250 g/mol. The van der Waals surface area contributed by atoms with Gasteiger partial charge in [0, 0.05) is 5.25 Å². The predicted molar refractivity (Wildman–Crippen MR) is 71.5 cm³/mol. The Labute approximate surface area is 106 Å². The summed E-state index contributed by atoms with van der Waals surface area (Å²) in [5.41, 5.74) is 1.37. The summed E-state index contributed by atoms with van der Waals surface area (Å²) < 4.78 is 0. The maximum absolute atomic E-state index is 10.7. The summed E-state index contributed by atoms with van der Waals surface area (Å²) in [5.74, 6) is 0.0651. The molecule has 3 heteroatoms. The highest BCUT2D eigenvalue weighted by Gasteiger charge is 2.27. The molecule has 1 aromatic rings. The van der Waals surface area contributed by atoms with E-state index in [4.69, 9.17) is 5.11 Å². The maximum atomic E-state index is 10.7. The highest BCUT2D eigenvalue weighted by molar-refractivity contribution is 8.00. The third-order valence-corrected chi connectivity index (χ3v) is 4.76. The number of benzene rings is 1. The molecule has 1 N–H and O–H groups in total. The van der Waals surface area contributed by atoms with Crippen LogP contribution in [0.15, 0.2) is 30.3 Å². The number of carboxylic acid groups (broad SMARTS) is 1. The van der Waals surface area contributed by atoms with E-state index in [0.29, 0.717) is 11.2 Å². The van der Waals surface area contributed by atoms with Crippen LogP contribution in [0.5, 0.6) is 0 Å². The predicted octanol–water partition coefficient (Wildman–Crippen LogP) is 3.53. The van der Waals surface area contributed by atoms with E-state index in [2.05, 4.69) is 24.3 Å². The molecule has 0 saturated heterocycles. The van der Waals surface area contributed by atoms with Crippen molar-refractivity contribution < 1.29 is 9.90 Å². The van der Waals surface area contributed by atoms with Crippen LogP contribution in [0.2, 0.25) is 0 Å². The number of thioether (sulfide) groups is 1. The molecule has 1 saturated carbocycles. The van der Waals surface area contributed by atoms with Gasteiger partial charge in [-0.25, -0.2) is 0 Å². The Kier molecular flexibility index (Phi) is 4.49. The van der Waals surface area contributed by atoms with Crippen molar-refractivity contribution in [2.45, 2.75) is 36.9 Å². The van der Waals surface area contributed by atoms with Crippen LogP contribution in [0.4, 0.5) is 0 Å². The lowest BCUT2D eigenvalue weighted by atomic mass is 9.83. The Hall–Kier alpha value is -0.960. The highest BCUT2D eigenvalue weighted by atomic mass is 32.2. The summed E-state index contributed by atoms with van der Waals surface area (Å²) in [6.07, 6.45) is 4.85. The Balaban J connectivity index is 2.04. The van der Waals surface area contributed by atoms with Gasteiger partial charge in [-0.05, 0) is 24.3 Å². The van der Waals surface area contributed by atoms with E-state index in [1.165, 1.54) is 24.8 Å². The fraction of sp³-hybridized carbons (Fsp3) is 0.500. The topological polar surface area (TPSA) is 37.3 Å².